The quantitative estimate of drug-likeness (QED) is 0.312. The van der Waals surface area contributed by atoms with E-state index in [9.17, 15) is 4.39 Å². The third-order valence-electron chi connectivity index (χ3n) is 5.29. The Morgan fingerprint density at radius 1 is 1.08 bits per heavy atom. The lowest BCUT2D eigenvalue weighted by Gasteiger charge is -2.26. The molecule has 0 atom stereocenters. The monoisotopic (exact) mass is 346 g/mol. The molecule has 25 heavy (non-hydrogen) atoms. The molecule has 1 aromatic carbocycles. The van der Waals surface area contributed by atoms with Crippen molar-refractivity contribution in [1.29, 1.82) is 0 Å². The van der Waals surface area contributed by atoms with Crippen molar-refractivity contribution in [2.75, 3.05) is 13.3 Å². The molecule has 0 spiro atoms. The molecule has 0 saturated heterocycles. The number of benzene rings is 1. The van der Waals surface area contributed by atoms with Crippen molar-refractivity contribution < 1.29 is 9.13 Å². The summed E-state index contributed by atoms with van der Waals surface area (Å²) in [6, 6.07) is 8.65. The maximum atomic E-state index is 12.1. The molecule has 0 N–H and O–H groups in total. The summed E-state index contributed by atoms with van der Waals surface area (Å²) in [6.07, 6.45) is 16.3. The van der Waals surface area contributed by atoms with E-state index >= 15 is 0 Å². The Balaban J connectivity index is 1.61. The first kappa shape index (κ1) is 20.0. The number of rotatable bonds is 11. The molecule has 1 aliphatic carbocycles. The molecule has 0 heterocycles. The molecule has 140 valence electrons. The van der Waals surface area contributed by atoms with Crippen LogP contribution in [-0.4, -0.2) is 13.3 Å². The number of halogens is 1. The first-order valence-corrected chi connectivity index (χ1v) is 10.3. The lowest BCUT2D eigenvalue weighted by atomic mass is 9.79. The molecule has 2 heteroatoms. The van der Waals surface area contributed by atoms with Crippen molar-refractivity contribution in [3.8, 4) is 5.75 Å². The van der Waals surface area contributed by atoms with Crippen molar-refractivity contribution in [1.82, 2.24) is 0 Å². The minimum atomic E-state index is -0.173. The van der Waals surface area contributed by atoms with Gasteiger partial charge in [-0.25, -0.2) is 0 Å². The Labute approximate surface area is 153 Å². The first-order chi connectivity index (χ1) is 12.3. The van der Waals surface area contributed by atoms with Gasteiger partial charge in [-0.3, -0.25) is 4.39 Å². The standard InChI is InChI=1S/C23H35FO/c1-2-19-25-23-16-14-22(15-17-23)13-12-21-10-8-20(9-11-21)7-5-3-4-6-18-24/h5,7,14-17,20-21H,2-4,6,8-13,18-19H2,1H3. The van der Waals surface area contributed by atoms with Crippen LogP contribution in [0.15, 0.2) is 36.4 Å². The normalized spacial score (nSPS) is 20.9. The number of hydrogen-bond donors (Lipinski definition) is 0. The Morgan fingerprint density at radius 3 is 2.52 bits per heavy atom. The third-order valence-corrected chi connectivity index (χ3v) is 5.29. The van der Waals surface area contributed by atoms with Crippen LogP contribution in [0.3, 0.4) is 0 Å². The van der Waals surface area contributed by atoms with E-state index in [4.69, 9.17) is 4.74 Å². The summed E-state index contributed by atoms with van der Waals surface area (Å²) in [5, 5.41) is 0. The molecule has 1 nitrogen and oxygen atoms in total. The predicted molar refractivity (Wildman–Crippen MR) is 105 cm³/mol. The fraction of sp³-hybridized carbons (Fsp3) is 0.652. The topological polar surface area (TPSA) is 9.23 Å². The Hall–Kier alpha value is -1.31. The maximum Gasteiger partial charge on any atom is 0.119 e. The molecule has 0 radical (unpaired) electrons. The van der Waals surface area contributed by atoms with Crippen LogP contribution in [0.5, 0.6) is 5.75 Å². The van der Waals surface area contributed by atoms with Gasteiger partial charge >= 0.3 is 0 Å². The van der Waals surface area contributed by atoms with Gasteiger partial charge in [0, 0.05) is 0 Å². The molecular weight excluding hydrogens is 311 g/mol. The summed E-state index contributed by atoms with van der Waals surface area (Å²) in [4.78, 5) is 0. The van der Waals surface area contributed by atoms with Gasteiger partial charge in [0.25, 0.3) is 0 Å². The van der Waals surface area contributed by atoms with Crippen molar-refractivity contribution in [2.45, 2.75) is 71.1 Å². The summed E-state index contributed by atoms with van der Waals surface area (Å²) in [6.45, 7) is 2.76. The smallest absolute Gasteiger partial charge is 0.119 e. The molecule has 0 amide bonds. The lowest BCUT2D eigenvalue weighted by Crippen LogP contribution is -2.13. The van der Waals surface area contributed by atoms with Crippen LogP contribution in [0, 0.1) is 11.8 Å². The second-order valence-corrected chi connectivity index (χ2v) is 7.42. The van der Waals surface area contributed by atoms with Crippen LogP contribution in [-0.2, 0) is 6.42 Å². The zero-order chi connectivity index (χ0) is 17.7. The maximum absolute atomic E-state index is 12.1. The second-order valence-electron chi connectivity index (χ2n) is 7.42. The fourth-order valence-corrected chi connectivity index (χ4v) is 3.66. The molecule has 0 bridgehead atoms. The van der Waals surface area contributed by atoms with Crippen molar-refractivity contribution in [3.63, 3.8) is 0 Å². The molecule has 1 aromatic rings. The van der Waals surface area contributed by atoms with Gasteiger partial charge in [-0.15, -0.1) is 0 Å². The highest BCUT2D eigenvalue weighted by Gasteiger charge is 2.19. The lowest BCUT2D eigenvalue weighted by molar-refractivity contribution is 0.295. The van der Waals surface area contributed by atoms with Crippen molar-refractivity contribution in [2.24, 2.45) is 11.8 Å². The van der Waals surface area contributed by atoms with Gasteiger partial charge in [0.15, 0.2) is 0 Å². The van der Waals surface area contributed by atoms with E-state index in [0.717, 1.165) is 43.5 Å². The summed E-state index contributed by atoms with van der Waals surface area (Å²) in [5.41, 5.74) is 1.43. The average Bonchev–Trinajstić information content (AvgIpc) is 2.66. The molecule has 1 fully saturated rings. The Kier molecular flexibility index (Phi) is 9.69. The Bertz CT molecular complexity index is 471. The van der Waals surface area contributed by atoms with Gasteiger partial charge in [-0.2, -0.15) is 0 Å². The van der Waals surface area contributed by atoms with Crippen LogP contribution in [0.4, 0.5) is 4.39 Å². The van der Waals surface area contributed by atoms with E-state index in [1.165, 1.54) is 44.1 Å². The van der Waals surface area contributed by atoms with Crippen LogP contribution < -0.4 is 4.74 Å². The third kappa shape index (κ3) is 8.07. The summed E-state index contributed by atoms with van der Waals surface area (Å²) in [7, 11) is 0. The highest BCUT2D eigenvalue weighted by atomic mass is 19.1. The highest BCUT2D eigenvalue weighted by molar-refractivity contribution is 5.27. The highest BCUT2D eigenvalue weighted by Crippen LogP contribution is 2.32. The van der Waals surface area contributed by atoms with Gasteiger partial charge < -0.3 is 4.74 Å². The van der Waals surface area contributed by atoms with Crippen molar-refractivity contribution in [3.05, 3.63) is 42.0 Å². The molecular formula is C23H35FO. The zero-order valence-electron chi connectivity index (χ0n) is 15.9. The molecule has 2 rings (SSSR count). The molecule has 0 aromatic heterocycles. The van der Waals surface area contributed by atoms with Crippen LogP contribution in [0.2, 0.25) is 0 Å². The van der Waals surface area contributed by atoms with E-state index in [2.05, 4.69) is 43.3 Å². The van der Waals surface area contributed by atoms with Gasteiger partial charge in [0.1, 0.15) is 5.75 Å². The fourth-order valence-electron chi connectivity index (χ4n) is 3.66. The van der Waals surface area contributed by atoms with Crippen LogP contribution >= 0.6 is 0 Å². The minimum Gasteiger partial charge on any atom is -0.494 e. The summed E-state index contributed by atoms with van der Waals surface area (Å²) in [5.74, 6) is 2.63. The largest absolute Gasteiger partial charge is 0.494 e. The average molecular weight is 347 g/mol. The minimum absolute atomic E-state index is 0.173. The van der Waals surface area contributed by atoms with Gasteiger partial charge in [0.2, 0.25) is 0 Å². The van der Waals surface area contributed by atoms with E-state index in [0.29, 0.717) is 6.42 Å². The van der Waals surface area contributed by atoms with Gasteiger partial charge in [-0.1, -0.05) is 31.2 Å². The molecule has 0 aliphatic heterocycles. The molecule has 1 aliphatic rings. The van der Waals surface area contributed by atoms with Crippen molar-refractivity contribution >= 4 is 0 Å². The first-order valence-electron chi connectivity index (χ1n) is 10.3. The molecule has 1 saturated carbocycles. The number of hydrogen-bond acceptors (Lipinski definition) is 1. The van der Waals surface area contributed by atoms with Crippen LogP contribution in [0.25, 0.3) is 0 Å². The predicted octanol–water partition coefficient (Wildman–Crippen LogP) is 6.91. The number of aryl methyl sites for hydroxylation is 1. The van der Waals surface area contributed by atoms with E-state index < -0.39 is 0 Å². The number of ether oxygens (including phenoxy) is 1. The van der Waals surface area contributed by atoms with E-state index in [1.54, 1.807) is 0 Å². The number of unbranched alkanes of at least 4 members (excludes halogenated alkanes) is 2. The number of alkyl halides is 1. The summed E-state index contributed by atoms with van der Waals surface area (Å²) >= 11 is 0. The van der Waals surface area contributed by atoms with Gasteiger partial charge in [0.05, 0.1) is 13.3 Å². The van der Waals surface area contributed by atoms with Crippen LogP contribution in [0.1, 0.15) is 70.3 Å². The zero-order valence-corrected chi connectivity index (χ0v) is 15.9. The van der Waals surface area contributed by atoms with E-state index in [-0.39, 0.29) is 6.67 Å². The van der Waals surface area contributed by atoms with Gasteiger partial charge in [-0.05, 0) is 93.7 Å². The number of allylic oxidation sites excluding steroid dienone is 2. The second kappa shape index (κ2) is 12.1. The summed E-state index contributed by atoms with van der Waals surface area (Å²) < 4.78 is 17.7. The van der Waals surface area contributed by atoms with E-state index in [1.807, 2.05) is 0 Å². The Morgan fingerprint density at radius 2 is 1.84 bits per heavy atom. The SMILES string of the molecule is CCCOc1ccc(CCC2CCC(C=CCCCCF)CC2)cc1. The molecule has 0 unspecified atom stereocenters.